The first-order chi connectivity index (χ1) is 16.4. The normalized spacial score (nSPS) is 10.9. The van der Waals surface area contributed by atoms with E-state index in [0.29, 0.717) is 35.2 Å². The van der Waals surface area contributed by atoms with Crippen LogP contribution in [0.1, 0.15) is 36.5 Å². The molecule has 0 aliphatic heterocycles. The lowest BCUT2D eigenvalue weighted by Crippen LogP contribution is -2.02. The molecule has 0 aliphatic rings. The quantitative estimate of drug-likeness (QED) is 0.314. The highest BCUT2D eigenvalue weighted by molar-refractivity contribution is 5.73. The Morgan fingerprint density at radius 3 is 1.65 bits per heavy atom. The van der Waals surface area contributed by atoms with Gasteiger partial charge in [0.25, 0.3) is 0 Å². The van der Waals surface area contributed by atoms with Crippen molar-refractivity contribution in [2.24, 2.45) is 0 Å². The Bertz CT molecular complexity index is 1270. The molecule has 0 fully saturated rings. The Kier molecular flexibility index (Phi) is 6.77. The van der Waals surface area contributed by atoms with Crippen LogP contribution in [0.2, 0.25) is 0 Å². The Balaban J connectivity index is 1.85. The number of aromatic hydroxyl groups is 2. The molecule has 3 aromatic carbocycles. The van der Waals surface area contributed by atoms with E-state index in [1.54, 1.807) is 24.3 Å². The van der Waals surface area contributed by atoms with Gasteiger partial charge in [-0.3, -0.25) is 0 Å². The monoisotopic (exact) mass is 455 g/mol. The molecule has 34 heavy (non-hydrogen) atoms. The fourth-order valence-electron chi connectivity index (χ4n) is 3.71. The maximum Gasteiger partial charge on any atom is 0.167 e. The van der Waals surface area contributed by atoms with Gasteiger partial charge in [-0.15, -0.1) is 0 Å². The fraction of sp³-hybridized carbons (Fsp3) is 0.250. The smallest absolute Gasteiger partial charge is 0.167 e. The predicted molar refractivity (Wildman–Crippen MR) is 134 cm³/mol. The lowest BCUT2D eigenvalue weighted by atomic mass is 10.1. The maximum atomic E-state index is 10.6. The van der Waals surface area contributed by atoms with Crippen LogP contribution >= 0.6 is 0 Å². The third-order valence-corrected chi connectivity index (χ3v) is 5.63. The van der Waals surface area contributed by atoms with Crippen LogP contribution in [-0.2, 0) is 0 Å². The van der Waals surface area contributed by atoms with E-state index in [-0.39, 0.29) is 11.5 Å². The first kappa shape index (κ1) is 23.2. The van der Waals surface area contributed by atoms with Gasteiger partial charge in [0.2, 0.25) is 0 Å². The Labute approximate surface area is 200 Å². The molecule has 174 valence electrons. The van der Waals surface area contributed by atoms with Gasteiger partial charge in [0.05, 0.1) is 17.7 Å². The summed E-state index contributed by atoms with van der Waals surface area (Å²) in [6.07, 6.45) is 2.08. The van der Waals surface area contributed by atoms with Crippen LogP contribution in [0.25, 0.3) is 34.2 Å². The van der Waals surface area contributed by atoms with E-state index in [2.05, 4.69) is 11.9 Å². The van der Waals surface area contributed by atoms with Gasteiger partial charge in [-0.2, -0.15) is 0 Å². The summed E-state index contributed by atoms with van der Waals surface area (Å²) in [5, 5.41) is 21.2. The van der Waals surface area contributed by atoms with Crippen molar-refractivity contribution >= 4 is 0 Å². The van der Waals surface area contributed by atoms with Crippen molar-refractivity contribution in [2.45, 2.75) is 40.5 Å². The van der Waals surface area contributed by atoms with Crippen LogP contribution in [0, 0.1) is 20.8 Å². The summed E-state index contributed by atoms with van der Waals surface area (Å²) >= 11 is 0. The van der Waals surface area contributed by atoms with Gasteiger partial charge in [0.15, 0.2) is 17.5 Å². The number of aryl methyl sites for hydroxylation is 3. The number of aromatic nitrogens is 3. The number of nitrogens with zero attached hydrogens (tertiary/aromatic N) is 3. The van der Waals surface area contributed by atoms with E-state index in [9.17, 15) is 10.2 Å². The second kappa shape index (κ2) is 9.91. The SMILES string of the molecule is CCCCOc1ccc(-c2nc(-c3ccc(C)cc3O)nc(-c3ccc(C)cc3O)n2)c(C)c1. The number of phenolic OH excluding ortho intramolecular Hbond substituents is 2. The molecular weight excluding hydrogens is 426 g/mol. The van der Waals surface area contributed by atoms with Crippen LogP contribution in [0.15, 0.2) is 54.6 Å². The highest BCUT2D eigenvalue weighted by atomic mass is 16.5. The van der Waals surface area contributed by atoms with Crippen LogP contribution < -0.4 is 4.74 Å². The fourth-order valence-corrected chi connectivity index (χ4v) is 3.71. The highest BCUT2D eigenvalue weighted by Gasteiger charge is 2.17. The van der Waals surface area contributed by atoms with E-state index in [1.165, 1.54) is 0 Å². The third kappa shape index (κ3) is 5.01. The van der Waals surface area contributed by atoms with Crippen molar-refractivity contribution in [3.8, 4) is 51.4 Å². The van der Waals surface area contributed by atoms with E-state index in [1.807, 2.05) is 51.1 Å². The minimum Gasteiger partial charge on any atom is -0.507 e. The lowest BCUT2D eigenvalue weighted by molar-refractivity contribution is 0.309. The minimum atomic E-state index is 0.0904. The number of unbranched alkanes of at least 4 members (excludes halogenated alkanes) is 1. The summed E-state index contributed by atoms with van der Waals surface area (Å²) in [5.41, 5.74) is 4.64. The topological polar surface area (TPSA) is 88.4 Å². The van der Waals surface area contributed by atoms with E-state index in [4.69, 9.17) is 14.7 Å². The molecule has 0 saturated heterocycles. The maximum absolute atomic E-state index is 10.6. The van der Waals surface area contributed by atoms with Gasteiger partial charge >= 0.3 is 0 Å². The Morgan fingerprint density at radius 1 is 0.676 bits per heavy atom. The molecule has 6 nitrogen and oxygen atoms in total. The van der Waals surface area contributed by atoms with Gasteiger partial charge in [0.1, 0.15) is 17.2 Å². The molecule has 0 spiro atoms. The number of rotatable bonds is 7. The first-order valence-electron chi connectivity index (χ1n) is 11.5. The molecule has 6 heteroatoms. The number of hydrogen-bond acceptors (Lipinski definition) is 6. The van der Waals surface area contributed by atoms with Gasteiger partial charge in [0, 0.05) is 5.56 Å². The average molecular weight is 456 g/mol. The zero-order valence-corrected chi connectivity index (χ0v) is 20.0. The first-order valence-corrected chi connectivity index (χ1v) is 11.5. The second-order valence-electron chi connectivity index (χ2n) is 8.53. The molecule has 0 atom stereocenters. The van der Waals surface area contributed by atoms with E-state index in [0.717, 1.165) is 40.8 Å². The molecule has 1 aromatic heterocycles. The third-order valence-electron chi connectivity index (χ3n) is 5.63. The van der Waals surface area contributed by atoms with Crippen LogP contribution in [0.3, 0.4) is 0 Å². The molecule has 0 amide bonds. The molecule has 1 heterocycles. The summed E-state index contributed by atoms with van der Waals surface area (Å²) in [6, 6.07) is 16.5. The Morgan fingerprint density at radius 2 is 1.18 bits per heavy atom. The minimum absolute atomic E-state index is 0.0904. The molecule has 0 radical (unpaired) electrons. The largest absolute Gasteiger partial charge is 0.507 e. The summed E-state index contributed by atoms with van der Waals surface area (Å²) < 4.78 is 5.84. The van der Waals surface area contributed by atoms with Crippen molar-refractivity contribution < 1.29 is 14.9 Å². The Hall–Kier alpha value is -3.93. The molecule has 0 unspecified atom stereocenters. The van der Waals surface area contributed by atoms with E-state index >= 15 is 0 Å². The van der Waals surface area contributed by atoms with Crippen molar-refractivity contribution in [1.82, 2.24) is 15.0 Å². The number of benzene rings is 3. The van der Waals surface area contributed by atoms with Gasteiger partial charge in [-0.1, -0.05) is 25.5 Å². The number of hydrogen-bond donors (Lipinski definition) is 2. The zero-order valence-electron chi connectivity index (χ0n) is 20.0. The van der Waals surface area contributed by atoms with E-state index < -0.39 is 0 Å². The summed E-state index contributed by atoms with van der Waals surface area (Å²) in [4.78, 5) is 14.0. The lowest BCUT2D eigenvalue weighted by Gasteiger charge is -2.13. The average Bonchev–Trinajstić information content (AvgIpc) is 2.79. The van der Waals surface area contributed by atoms with Crippen molar-refractivity contribution in [1.29, 1.82) is 0 Å². The van der Waals surface area contributed by atoms with Gasteiger partial charge in [-0.05, 0) is 86.3 Å². The summed E-state index contributed by atoms with van der Waals surface area (Å²) in [5.74, 6) is 2.11. The summed E-state index contributed by atoms with van der Waals surface area (Å²) in [6.45, 7) is 8.61. The molecule has 2 N–H and O–H groups in total. The van der Waals surface area contributed by atoms with Crippen molar-refractivity contribution in [2.75, 3.05) is 6.61 Å². The van der Waals surface area contributed by atoms with Crippen LogP contribution in [0.4, 0.5) is 0 Å². The molecule has 0 aliphatic carbocycles. The van der Waals surface area contributed by atoms with Crippen LogP contribution in [-0.4, -0.2) is 31.8 Å². The van der Waals surface area contributed by atoms with Gasteiger partial charge in [-0.25, -0.2) is 15.0 Å². The summed E-state index contributed by atoms with van der Waals surface area (Å²) in [7, 11) is 0. The molecule has 0 bridgehead atoms. The molecule has 4 rings (SSSR count). The number of phenols is 2. The number of ether oxygens (including phenoxy) is 1. The van der Waals surface area contributed by atoms with Gasteiger partial charge < -0.3 is 14.9 Å². The second-order valence-corrected chi connectivity index (χ2v) is 8.53. The standard InChI is InChI=1S/C28H29N3O3/c1-5-6-13-34-20-9-12-21(19(4)16-20)26-29-27(22-10-7-17(2)14-24(22)32)31-28(30-26)23-11-8-18(3)15-25(23)33/h7-12,14-16,32-33H,5-6,13H2,1-4H3. The zero-order chi connectivity index (χ0) is 24.2. The molecule has 0 saturated carbocycles. The van der Waals surface area contributed by atoms with Crippen molar-refractivity contribution in [3.63, 3.8) is 0 Å². The van der Waals surface area contributed by atoms with Crippen molar-refractivity contribution in [3.05, 3.63) is 71.3 Å². The highest BCUT2D eigenvalue weighted by Crippen LogP contribution is 2.34. The molecular formula is C28H29N3O3. The molecule has 4 aromatic rings. The van der Waals surface area contributed by atoms with Crippen LogP contribution in [0.5, 0.6) is 17.2 Å². The predicted octanol–water partition coefficient (Wildman–Crippen LogP) is 6.39.